The molecular formula is C17H16FIN8O. The van der Waals surface area contributed by atoms with Gasteiger partial charge in [0.05, 0.1) is 28.5 Å². The fraction of sp³-hybridized carbons (Fsp3) is 0.235. The second-order valence-electron chi connectivity index (χ2n) is 6.38. The molecule has 3 N–H and O–H groups in total. The minimum absolute atomic E-state index is 0.0724. The number of carbonyl (C=O) groups excluding carboxylic acids is 1. The maximum Gasteiger partial charge on any atom is 0.251 e. The van der Waals surface area contributed by atoms with Gasteiger partial charge in [0.25, 0.3) is 5.91 Å². The number of nitrogens with one attached hydrogen (secondary N) is 1. The molecule has 0 aliphatic rings. The van der Waals surface area contributed by atoms with E-state index in [-0.39, 0.29) is 21.0 Å². The topological polar surface area (TPSA) is 120 Å². The number of primary amides is 1. The Balaban J connectivity index is 1.94. The van der Waals surface area contributed by atoms with Crippen LogP contribution in [0.2, 0.25) is 0 Å². The van der Waals surface area contributed by atoms with Crippen LogP contribution in [0.5, 0.6) is 0 Å². The Labute approximate surface area is 172 Å². The fourth-order valence-corrected chi connectivity index (χ4v) is 3.54. The third kappa shape index (κ3) is 2.85. The van der Waals surface area contributed by atoms with Crippen LogP contribution in [0.3, 0.4) is 0 Å². The van der Waals surface area contributed by atoms with E-state index in [9.17, 15) is 4.79 Å². The zero-order chi connectivity index (χ0) is 20.2. The predicted octanol–water partition coefficient (Wildman–Crippen LogP) is 2.72. The Morgan fingerprint density at radius 3 is 2.82 bits per heavy atom. The van der Waals surface area contributed by atoms with Crippen LogP contribution in [-0.2, 0) is 7.05 Å². The van der Waals surface area contributed by atoms with Gasteiger partial charge < -0.3 is 5.73 Å². The van der Waals surface area contributed by atoms with Crippen LogP contribution in [0, 0.1) is 12.7 Å². The van der Waals surface area contributed by atoms with Crippen molar-refractivity contribution in [2.45, 2.75) is 17.9 Å². The van der Waals surface area contributed by atoms with E-state index >= 15 is 4.39 Å². The number of nitrogens with two attached hydrogens (primary N) is 1. The van der Waals surface area contributed by atoms with Crippen molar-refractivity contribution < 1.29 is 9.18 Å². The number of fused-ring (bicyclic) bond motifs is 1. The average Bonchev–Trinajstić information content (AvgIpc) is 3.33. The van der Waals surface area contributed by atoms with Gasteiger partial charge in [0.1, 0.15) is 15.6 Å². The predicted molar refractivity (Wildman–Crippen MR) is 109 cm³/mol. The number of amides is 1. The van der Waals surface area contributed by atoms with Crippen LogP contribution in [0.4, 0.5) is 4.39 Å². The molecule has 1 unspecified atom stereocenters. The summed E-state index contributed by atoms with van der Waals surface area (Å²) in [7, 11) is 1.70. The summed E-state index contributed by atoms with van der Waals surface area (Å²) < 4.78 is 18.5. The molecule has 0 saturated carbocycles. The summed E-state index contributed by atoms with van der Waals surface area (Å²) in [4.78, 5) is 16.2. The number of aromatic nitrogens is 7. The minimum Gasteiger partial charge on any atom is -0.366 e. The number of aryl methyl sites for hydroxylation is 2. The van der Waals surface area contributed by atoms with E-state index in [1.807, 2.05) is 19.9 Å². The Morgan fingerprint density at radius 2 is 2.14 bits per heavy atom. The monoisotopic (exact) mass is 494 g/mol. The first-order chi connectivity index (χ1) is 13.3. The summed E-state index contributed by atoms with van der Waals surface area (Å²) in [5.74, 6) is -1.07. The van der Waals surface area contributed by atoms with Crippen molar-refractivity contribution in [3.8, 4) is 22.9 Å². The molecule has 3 aromatic heterocycles. The number of alkyl halides is 1. The second-order valence-corrected chi connectivity index (χ2v) is 8.18. The van der Waals surface area contributed by atoms with Gasteiger partial charge >= 0.3 is 0 Å². The quantitative estimate of drug-likeness (QED) is 0.334. The first-order valence-corrected chi connectivity index (χ1v) is 9.60. The number of aromatic amines is 1. The van der Waals surface area contributed by atoms with Crippen molar-refractivity contribution in [2.75, 3.05) is 0 Å². The van der Waals surface area contributed by atoms with Crippen molar-refractivity contribution in [2.24, 2.45) is 12.8 Å². The Bertz CT molecular complexity index is 1220. The van der Waals surface area contributed by atoms with E-state index in [4.69, 9.17) is 5.73 Å². The standard InChI is InChI=1S/C17H16FIN8O/c1-7-4-12(27(25-7)8(2)19)16-22-17(24-23-16)13-10-6-21-26(3)11(10)5-9(14(13)18)15(20)28/h4-6,8H,1-3H3,(H2,20,28)(H,22,23,24). The third-order valence-electron chi connectivity index (χ3n) is 4.40. The molecule has 1 aromatic carbocycles. The van der Waals surface area contributed by atoms with Crippen molar-refractivity contribution in [1.82, 2.24) is 34.7 Å². The number of nitrogens with zero attached hydrogens (tertiary/aromatic N) is 6. The van der Waals surface area contributed by atoms with Crippen molar-refractivity contribution in [3.05, 3.63) is 35.4 Å². The van der Waals surface area contributed by atoms with Gasteiger partial charge in [-0.05, 0) is 26.0 Å². The molecule has 0 aliphatic heterocycles. The zero-order valence-electron chi connectivity index (χ0n) is 15.2. The van der Waals surface area contributed by atoms with E-state index in [0.29, 0.717) is 22.4 Å². The molecule has 0 spiro atoms. The first-order valence-electron chi connectivity index (χ1n) is 8.35. The van der Waals surface area contributed by atoms with Crippen LogP contribution in [0.15, 0.2) is 18.3 Å². The van der Waals surface area contributed by atoms with Crippen molar-refractivity contribution in [3.63, 3.8) is 0 Å². The highest BCUT2D eigenvalue weighted by atomic mass is 127. The molecule has 0 radical (unpaired) electrons. The van der Waals surface area contributed by atoms with Gasteiger partial charge in [-0.2, -0.15) is 15.3 Å². The maximum absolute atomic E-state index is 15.1. The Hall–Kier alpha value is -2.83. The summed E-state index contributed by atoms with van der Waals surface area (Å²) in [5.41, 5.74) is 7.31. The lowest BCUT2D eigenvalue weighted by molar-refractivity contribution is 0.0996. The van der Waals surface area contributed by atoms with E-state index < -0.39 is 11.7 Å². The maximum atomic E-state index is 15.1. The van der Waals surface area contributed by atoms with Crippen LogP contribution in [0.25, 0.3) is 33.8 Å². The largest absolute Gasteiger partial charge is 0.366 e. The van der Waals surface area contributed by atoms with Crippen LogP contribution >= 0.6 is 22.6 Å². The highest BCUT2D eigenvalue weighted by molar-refractivity contribution is 14.1. The molecule has 1 atom stereocenters. The molecule has 0 bridgehead atoms. The van der Waals surface area contributed by atoms with Gasteiger partial charge in [0, 0.05) is 12.4 Å². The van der Waals surface area contributed by atoms with Crippen LogP contribution in [-0.4, -0.2) is 40.6 Å². The lowest BCUT2D eigenvalue weighted by Crippen LogP contribution is -2.14. The fourth-order valence-electron chi connectivity index (χ4n) is 3.12. The van der Waals surface area contributed by atoms with E-state index in [1.165, 1.54) is 16.9 Å². The highest BCUT2D eigenvalue weighted by Gasteiger charge is 2.24. The average molecular weight is 494 g/mol. The minimum atomic E-state index is -0.867. The summed E-state index contributed by atoms with van der Waals surface area (Å²) in [6, 6.07) is 3.24. The molecule has 1 amide bonds. The Kier molecular flexibility index (Phi) is 4.40. The van der Waals surface area contributed by atoms with E-state index in [2.05, 4.69) is 48.0 Å². The molecule has 4 aromatic rings. The molecule has 144 valence electrons. The summed E-state index contributed by atoms with van der Waals surface area (Å²) in [6.07, 6.45) is 1.52. The highest BCUT2D eigenvalue weighted by Crippen LogP contribution is 2.33. The lowest BCUT2D eigenvalue weighted by atomic mass is 10.0. The normalized spacial score (nSPS) is 12.6. The number of hydrogen-bond donors (Lipinski definition) is 2. The number of H-pyrrole nitrogens is 1. The second kappa shape index (κ2) is 6.65. The van der Waals surface area contributed by atoms with Crippen LogP contribution < -0.4 is 5.73 Å². The molecule has 11 heteroatoms. The van der Waals surface area contributed by atoms with E-state index in [1.54, 1.807) is 11.7 Å². The molecule has 0 fully saturated rings. The molecule has 28 heavy (non-hydrogen) atoms. The summed E-state index contributed by atoms with van der Waals surface area (Å²) in [6.45, 7) is 3.86. The lowest BCUT2D eigenvalue weighted by Gasteiger charge is -2.07. The number of benzene rings is 1. The molecule has 0 saturated heterocycles. The van der Waals surface area contributed by atoms with Gasteiger partial charge in [-0.25, -0.2) is 14.1 Å². The van der Waals surface area contributed by atoms with Gasteiger partial charge in [0.2, 0.25) is 0 Å². The Morgan fingerprint density at radius 1 is 1.39 bits per heavy atom. The number of halogens is 2. The van der Waals surface area contributed by atoms with Gasteiger partial charge in [0.15, 0.2) is 11.6 Å². The molecule has 9 nitrogen and oxygen atoms in total. The van der Waals surface area contributed by atoms with Gasteiger partial charge in [-0.1, -0.05) is 22.6 Å². The number of hydrogen-bond acceptors (Lipinski definition) is 5. The third-order valence-corrected chi connectivity index (χ3v) is 4.93. The zero-order valence-corrected chi connectivity index (χ0v) is 17.4. The molecule has 0 aliphatic carbocycles. The van der Waals surface area contributed by atoms with Crippen molar-refractivity contribution in [1.29, 1.82) is 0 Å². The first kappa shape index (κ1) is 18.5. The summed E-state index contributed by atoms with van der Waals surface area (Å²) >= 11 is 2.24. The smallest absolute Gasteiger partial charge is 0.251 e. The number of carbonyl (C=O) groups is 1. The summed E-state index contributed by atoms with van der Waals surface area (Å²) in [5, 5.41) is 16.1. The van der Waals surface area contributed by atoms with Crippen molar-refractivity contribution >= 4 is 39.4 Å². The van der Waals surface area contributed by atoms with E-state index in [0.717, 1.165) is 5.69 Å². The molecule has 4 rings (SSSR count). The van der Waals surface area contributed by atoms with Crippen LogP contribution in [0.1, 0.15) is 27.0 Å². The van der Waals surface area contributed by atoms with Gasteiger partial charge in [-0.3, -0.25) is 14.6 Å². The molecule has 3 heterocycles. The molecular weight excluding hydrogens is 478 g/mol. The van der Waals surface area contributed by atoms with Gasteiger partial charge in [-0.15, -0.1) is 0 Å². The number of rotatable bonds is 4. The SMILES string of the molecule is Cc1cc(-c2n[nH]c(-c3c(F)c(C(N)=O)cc4c3cnn4C)n2)n(C(C)I)n1.